The van der Waals surface area contributed by atoms with E-state index in [1.165, 1.54) is 16.9 Å². The Hall–Kier alpha value is -2.77. The minimum atomic E-state index is -0.781. The van der Waals surface area contributed by atoms with Gasteiger partial charge in [0.15, 0.2) is 5.78 Å². The molecule has 2 fully saturated rings. The Morgan fingerprint density at radius 2 is 1.85 bits per heavy atom. The maximum Gasteiger partial charge on any atom is 0.411 e. The number of fused-ring (bicyclic) bond motifs is 1. The normalized spacial score (nSPS) is 21.7. The van der Waals surface area contributed by atoms with Gasteiger partial charge < -0.3 is 19.1 Å². The van der Waals surface area contributed by atoms with E-state index in [1.54, 1.807) is 46.1 Å². The number of carbonyl (C=O) groups excluding carboxylic acids is 3. The molecule has 0 aromatic heterocycles. The molecule has 0 aliphatic carbocycles. The van der Waals surface area contributed by atoms with Crippen molar-refractivity contribution in [3.8, 4) is 11.5 Å². The number of rotatable bonds is 4. The van der Waals surface area contributed by atoms with Crippen LogP contribution >= 0.6 is 0 Å². The summed E-state index contributed by atoms with van der Waals surface area (Å²) in [5.74, 6) is 0.768. The first-order valence-electron chi connectivity index (χ1n) is 8.70. The fraction of sp³-hybridized carbons (Fsp3) is 0.526. The van der Waals surface area contributed by atoms with Crippen molar-refractivity contribution in [1.82, 2.24) is 9.80 Å². The molecule has 0 radical (unpaired) electrons. The van der Waals surface area contributed by atoms with Gasteiger partial charge in [-0.1, -0.05) is 0 Å². The summed E-state index contributed by atoms with van der Waals surface area (Å²) in [5.41, 5.74) is 0.0647. The highest BCUT2D eigenvalue weighted by molar-refractivity contribution is 6.08. The van der Waals surface area contributed by atoms with Crippen LogP contribution in [0.3, 0.4) is 0 Å². The highest BCUT2D eigenvalue weighted by Crippen LogP contribution is 2.36. The first kappa shape index (κ1) is 19.0. The van der Waals surface area contributed by atoms with Gasteiger partial charge in [0.25, 0.3) is 0 Å². The van der Waals surface area contributed by atoms with E-state index in [-0.39, 0.29) is 24.8 Å². The van der Waals surface area contributed by atoms with Gasteiger partial charge in [-0.2, -0.15) is 0 Å². The van der Waals surface area contributed by atoms with Crippen molar-refractivity contribution in [3.05, 3.63) is 23.8 Å². The molecule has 3 rings (SSSR count). The molecule has 8 nitrogen and oxygen atoms in total. The van der Waals surface area contributed by atoms with Gasteiger partial charge in [0.05, 0.1) is 27.3 Å². The van der Waals surface area contributed by atoms with E-state index in [9.17, 15) is 14.4 Å². The van der Waals surface area contributed by atoms with Crippen LogP contribution in [0.5, 0.6) is 11.5 Å². The summed E-state index contributed by atoms with van der Waals surface area (Å²) in [5, 5.41) is 0. The smallest absolute Gasteiger partial charge is 0.411 e. The Kier molecular flexibility index (Phi) is 4.75. The molecule has 2 aliphatic rings. The molecule has 2 saturated heterocycles. The van der Waals surface area contributed by atoms with Gasteiger partial charge in [0, 0.05) is 11.6 Å². The van der Waals surface area contributed by atoms with Gasteiger partial charge in [0.2, 0.25) is 5.91 Å². The maximum absolute atomic E-state index is 12.7. The Morgan fingerprint density at radius 3 is 2.44 bits per heavy atom. The third kappa shape index (κ3) is 3.43. The Bertz CT molecular complexity index is 785. The summed E-state index contributed by atoms with van der Waals surface area (Å²) in [4.78, 5) is 40.1. The lowest BCUT2D eigenvalue weighted by molar-refractivity contribution is -0.157. The second kappa shape index (κ2) is 6.75. The van der Waals surface area contributed by atoms with Gasteiger partial charge in [0.1, 0.15) is 29.2 Å². The number of ketones is 1. The minimum absolute atomic E-state index is 0.119. The van der Waals surface area contributed by atoms with Crippen molar-refractivity contribution in [2.75, 3.05) is 20.8 Å². The van der Waals surface area contributed by atoms with Crippen molar-refractivity contribution < 1.29 is 28.6 Å². The van der Waals surface area contributed by atoms with Crippen molar-refractivity contribution in [1.29, 1.82) is 0 Å². The average Bonchev–Trinajstić information content (AvgIpc) is 2.91. The van der Waals surface area contributed by atoms with Gasteiger partial charge in [-0.25, -0.2) is 4.79 Å². The number of methoxy groups -OCH3 is 2. The number of hydrogen-bond acceptors (Lipinski definition) is 6. The highest BCUT2D eigenvalue weighted by Gasteiger charge is 2.60. The highest BCUT2D eigenvalue weighted by atomic mass is 16.6. The number of β-lactam (4-membered cyclic amide) rings is 1. The van der Waals surface area contributed by atoms with E-state index in [0.717, 1.165) is 5.56 Å². The average molecular weight is 376 g/mol. The molecule has 0 N–H and O–H groups in total. The van der Waals surface area contributed by atoms with Gasteiger partial charge >= 0.3 is 6.09 Å². The summed E-state index contributed by atoms with van der Waals surface area (Å²) in [6.45, 7) is 5.33. The molecule has 2 aliphatic heterocycles. The number of ether oxygens (including phenoxy) is 3. The lowest BCUT2D eigenvalue weighted by Crippen LogP contribution is -2.68. The molecule has 27 heavy (non-hydrogen) atoms. The quantitative estimate of drug-likeness (QED) is 0.742. The van der Waals surface area contributed by atoms with Crippen LogP contribution < -0.4 is 9.47 Å². The minimum Gasteiger partial charge on any atom is -0.497 e. The number of hydrogen-bond donors (Lipinski definition) is 0. The van der Waals surface area contributed by atoms with E-state index < -0.39 is 23.8 Å². The van der Waals surface area contributed by atoms with Crippen molar-refractivity contribution in [3.63, 3.8) is 0 Å². The zero-order valence-corrected chi connectivity index (χ0v) is 16.1. The predicted molar refractivity (Wildman–Crippen MR) is 95.6 cm³/mol. The Morgan fingerprint density at radius 1 is 1.15 bits per heavy atom. The van der Waals surface area contributed by atoms with Crippen LogP contribution in [0, 0.1) is 0 Å². The van der Waals surface area contributed by atoms with Crippen LogP contribution in [-0.4, -0.2) is 66.0 Å². The van der Waals surface area contributed by atoms with Crippen molar-refractivity contribution >= 4 is 17.8 Å². The van der Waals surface area contributed by atoms with Crippen LogP contribution in [0.4, 0.5) is 4.79 Å². The molecule has 0 unspecified atom stereocenters. The fourth-order valence-corrected chi connectivity index (χ4v) is 3.38. The maximum atomic E-state index is 12.7. The van der Waals surface area contributed by atoms with E-state index >= 15 is 0 Å². The second-order valence-corrected chi connectivity index (χ2v) is 7.61. The molecule has 146 valence electrons. The van der Waals surface area contributed by atoms with E-state index in [2.05, 4.69) is 0 Å². The molecule has 0 saturated carbocycles. The lowest BCUT2D eigenvalue weighted by Gasteiger charge is -2.44. The summed E-state index contributed by atoms with van der Waals surface area (Å²) >= 11 is 0. The van der Waals surface area contributed by atoms with Crippen LogP contribution in [0.15, 0.2) is 18.2 Å². The summed E-state index contributed by atoms with van der Waals surface area (Å²) in [6.07, 6.45) is -0.640. The largest absolute Gasteiger partial charge is 0.497 e. The number of benzene rings is 1. The van der Waals surface area contributed by atoms with Crippen molar-refractivity contribution in [2.45, 2.75) is 45.0 Å². The number of amides is 2. The van der Waals surface area contributed by atoms with Crippen LogP contribution in [0.25, 0.3) is 0 Å². The zero-order chi connectivity index (χ0) is 19.9. The summed E-state index contributed by atoms with van der Waals surface area (Å²) in [6, 6.07) is 3.86. The molecule has 2 amide bonds. The molecular weight excluding hydrogens is 352 g/mol. The number of likely N-dealkylation sites (tertiary alicyclic amines) is 2. The van der Waals surface area contributed by atoms with E-state index in [0.29, 0.717) is 11.5 Å². The molecular formula is C19H24N2O6. The molecule has 8 heteroatoms. The van der Waals surface area contributed by atoms with E-state index in [4.69, 9.17) is 14.2 Å². The van der Waals surface area contributed by atoms with Crippen LogP contribution in [0.1, 0.15) is 26.3 Å². The van der Waals surface area contributed by atoms with E-state index in [1.807, 2.05) is 0 Å². The second-order valence-electron chi connectivity index (χ2n) is 7.61. The summed E-state index contributed by atoms with van der Waals surface area (Å²) < 4.78 is 15.8. The third-order valence-corrected chi connectivity index (χ3v) is 4.63. The number of carbonyl (C=O) groups is 3. The fourth-order valence-electron chi connectivity index (χ4n) is 3.38. The molecule has 1 aromatic rings. The first-order valence-corrected chi connectivity index (χ1v) is 8.70. The van der Waals surface area contributed by atoms with Gasteiger partial charge in [-0.3, -0.25) is 14.5 Å². The van der Waals surface area contributed by atoms with Crippen LogP contribution in [0.2, 0.25) is 0 Å². The lowest BCUT2D eigenvalue weighted by atomic mass is 9.94. The molecule has 1 aromatic carbocycles. The molecule has 2 atom stereocenters. The van der Waals surface area contributed by atoms with Crippen molar-refractivity contribution in [2.24, 2.45) is 0 Å². The van der Waals surface area contributed by atoms with Gasteiger partial charge in [-0.15, -0.1) is 0 Å². The third-order valence-electron chi connectivity index (χ3n) is 4.63. The monoisotopic (exact) mass is 376 g/mol. The molecule has 0 bridgehead atoms. The predicted octanol–water partition coefficient (Wildman–Crippen LogP) is 1.60. The van der Waals surface area contributed by atoms with Gasteiger partial charge in [-0.05, 0) is 32.9 Å². The Labute approximate surface area is 158 Å². The number of nitrogens with zero attached hydrogens (tertiary/aromatic N) is 2. The first-order chi connectivity index (χ1) is 12.7. The standard InChI is InChI=1S/C19H24N2O6/c1-19(2,3)27-18(24)21-10-13(22)15-16(21)17(23)20(15)9-11-6-7-12(25-4)8-14(11)26-5/h6-8,15-16H,9-10H2,1-5H3/t15-,16-/m0/s1. The topological polar surface area (TPSA) is 85.4 Å². The van der Waals surface area contributed by atoms with Crippen LogP contribution in [-0.2, 0) is 20.9 Å². The Balaban J connectivity index is 1.76. The summed E-state index contributed by atoms with van der Waals surface area (Å²) in [7, 11) is 3.09. The molecule has 2 heterocycles. The SMILES string of the molecule is COc1ccc(CN2C(=O)[C@@H]3[C@@H]2C(=O)CN3C(=O)OC(C)(C)C)c(OC)c1. The zero-order valence-electron chi connectivity index (χ0n) is 16.1. The number of Topliss-reactive ketones (excluding diaryl/α,β-unsaturated/α-hetero) is 1. The molecule has 0 spiro atoms.